The lowest BCUT2D eigenvalue weighted by atomic mass is 10.1. The van der Waals surface area contributed by atoms with Crippen LogP contribution in [0.1, 0.15) is 24.2 Å². The molecule has 100 valence electrons. The molecule has 0 saturated heterocycles. The zero-order valence-corrected chi connectivity index (χ0v) is 12.0. The van der Waals surface area contributed by atoms with E-state index >= 15 is 0 Å². The van der Waals surface area contributed by atoms with Crippen molar-refractivity contribution in [3.05, 3.63) is 17.0 Å². The molecule has 1 rings (SSSR count). The monoisotopic (exact) mass is 287 g/mol. The Kier molecular flexibility index (Phi) is 5.18. The first-order valence-corrected chi connectivity index (χ1v) is 7.37. The molecule has 0 atom stereocenters. The normalized spacial score (nSPS) is 11.3. The molecule has 0 unspecified atom stereocenters. The van der Waals surface area contributed by atoms with Gasteiger partial charge in [0.25, 0.3) is 5.91 Å². The number of rotatable bonds is 6. The summed E-state index contributed by atoms with van der Waals surface area (Å²) in [4.78, 5) is 22.7. The Hall–Kier alpha value is -1.05. The fraction of sp³-hybridized carbons (Fsp3) is 0.455. The lowest BCUT2D eigenvalue weighted by Gasteiger charge is -2.17. The van der Waals surface area contributed by atoms with E-state index in [1.165, 1.54) is 23.1 Å². The van der Waals surface area contributed by atoms with E-state index in [1.807, 2.05) is 13.8 Å². The summed E-state index contributed by atoms with van der Waals surface area (Å²) in [7, 11) is 0. The highest BCUT2D eigenvalue weighted by Gasteiger charge is 2.14. The predicted molar refractivity (Wildman–Crippen MR) is 77.1 cm³/mol. The van der Waals surface area contributed by atoms with Crippen LogP contribution in [0, 0.1) is 0 Å². The molecular formula is C11H17N3O2S2. The molecule has 0 aliphatic rings. The van der Waals surface area contributed by atoms with Gasteiger partial charge in [-0.25, -0.2) is 0 Å². The van der Waals surface area contributed by atoms with Crippen LogP contribution in [0.15, 0.2) is 11.4 Å². The lowest BCUT2D eigenvalue weighted by molar-refractivity contribution is -0.113. The van der Waals surface area contributed by atoms with E-state index in [-0.39, 0.29) is 11.4 Å². The van der Waals surface area contributed by atoms with Crippen LogP contribution in [0.4, 0.5) is 5.00 Å². The Bertz CT molecular complexity index is 438. The van der Waals surface area contributed by atoms with Gasteiger partial charge in [-0.1, -0.05) is 0 Å². The van der Waals surface area contributed by atoms with E-state index in [0.717, 1.165) is 0 Å². The number of nitrogens with two attached hydrogens (primary N) is 2. The maximum absolute atomic E-state index is 11.7. The van der Waals surface area contributed by atoms with Crippen molar-refractivity contribution in [1.82, 2.24) is 0 Å². The molecule has 1 heterocycles. The first-order valence-electron chi connectivity index (χ1n) is 5.33. The fourth-order valence-corrected chi connectivity index (χ4v) is 2.86. The van der Waals surface area contributed by atoms with Gasteiger partial charge in [0.1, 0.15) is 5.00 Å². The maximum atomic E-state index is 11.7. The summed E-state index contributed by atoms with van der Waals surface area (Å²) in [5, 5.41) is 4.89. The van der Waals surface area contributed by atoms with E-state index in [4.69, 9.17) is 11.5 Å². The smallest absolute Gasteiger partial charge is 0.251 e. The molecule has 18 heavy (non-hydrogen) atoms. The standard InChI is InChI=1S/C11H17N3O2S2/c1-11(2,13)6-17-5-8(15)14-10-7(9(12)16)3-4-18-10/h3-4H,5-6,13H2,1-2H3,(H2,12,16)(H,14,15). The van der Waals surface area contributed by atoms with Gasteiger partial charge in [0.05, 0.1) is 11.3 Å². The summed E-state index contributed by atoms with van der Waals surface area (Å²) >= 11 is 2.73. The molecule has 0 aromatic carbocycles. The van der Waals surface area contributed by atoms with Crippen molar-refractivity contribution in [2.45, 2.75) is 19.4 Å². The van der Waals surface area contributed by atoms with Crippen LogP contribution in [-0.4, -0.2) is 28.9 Å². The molecule has 0 fully saturated rings. The number of carbonyl (C=O) groups excluding carboxylic acids is 2. The number of amides is 2. The number of primary amides is 1. The lowest BCUT2D eigenvalue weighted by Crippen LogP contribution is -2.35. The van der Waals surface area contributed by atoms with Crippen molar-refractivity contribution in [2.24, 2.45) is 11.5 Å². The highest BCUT2D eigenvalue weighted by atomic mass is 32.2. The van der Waals surface area contributed by atoms with E-state index in [2.05, 4.69) is 5.32 Å². The maximum Gasteiger partial charge on any atom is 0.251 e. The van der Waals surface area contributed by atoms with Crippen molar-refractivity contribution in [3.8, 4) is 0 Å². The zero-order chi connectivity index (χ0) is 13.8. The molecule has 2 amide bonds. The molecule has 0 bridgehead atoms. The van der Waals surface area contributed by atoms with Gasteiger partial charge >= 0.3 is 0 Å². The number of thioether (sulfide) groups is 1. The number of carbonyl (C=O) groups is 2. The Morgan fingerprint density at radius 3 is 2.72 bits per heavy atom. The van der Waals surface area contributed by atoms with E-state index in [0.29, 0.717) is 22.1 Å². The van der Waals surface area contributed by atoms with Crippen LogP contribution in [0.3, 0.4) is 0 Å². The summed E-state index contributed by atoms with van der Waals surface area (Å²) in [5.74, 6) is 0.293. The third-order valence-corrected chi connectivity index (χ3v) is 4.14. The Morgan fingerprint density at radius 2 is 2.17 bits per heavy atom. The largest absolute Gasteiger partial charge is 0.366 e. The molecule has 0 aliphatic heterocycles. The van der Waals surface area contributed by atoms with Crippen molar-refractivity contribution in [2.75, 3.05) is 16.8 Å². The Morgan fingerprint density at radius 1 is 1.50 bits per heavy atom. The van der Waals surface area contributed by atoms with Crippen LogP contribution in [0.2, 0.25) is 0 Å². The molecule has 7 heteroatoms. The highest BCUT2D eigenvalue weighted by Crippen LogP contribution is 2.23. The minimum absolute atomic E-state index is 0.158. The number of anilines is 1. The summed E-state index contributed by atoms with van der Waals surface area (Å²) < 4.78 is 0. The Balaban J connectivity index is 2.45. The van der Waals surface area contributed by atoms with Crippen molar-refractivity contribution in [3.63, 3.8) is 0 Å². The second-order valence-corrected chi connectivity index (χ2v) is 6.46. The minimum atomic E-state index is -0.540. The molecule has 0 aliphatic carbocycles. The van der Waals surface area contributed by atoms with Gasteiger partial charge in [0, 0.05) is 11.3 Å². The first kappa shape index (κ1) is 15.0. The average Bonchev–Trinajstić information content (AvgIpc) is 2.63. The molecular weight excluding hydrogens is 270 g/mol. The number of nitrogens with one attached hydrogen (secondary N) is 1. The zero-order valence-electron chi connectivity index (χ0n) is 10.4. The molecule has 5 nitrogen and oxygen atoms in total. The topological polar surface area (TPSA) is 98.2 Å². The summed E-state index contributed by atoms with van der Waals surface area (Å²) in [5.41, 5.74) is 11.0. The molecule has 0 radical (unpaired) electrons. The fourth-order valence-electron chi connectivity index (χ4n) is 1.17. The Labute approximate surface area is 114 Å². The van der Waals surface area contributed by atoms with Crippen molar-refractivity contribution < 1.29 is 9.59 Å². The van der Waals surface area contributed by atoms with Gasteiger partial charge in [-0.2, -0.15) is 11.8 Å². The summed E-state index contributed by atoms with van der Waals surface area (Å²) in [6, 6.07) is 1.60. The van der Waals surface area contributed by atoms with Gasteiger partial charge in [-0.3, -0.25) is 9.59 Å². The van der Waals surface area contributed by atoms with Gasteiger partial charge in [-0.05, 0) is 25.3 Å². The summed E-state index contributed by atoms with van der Waals surface area (Å²) in [6.45, 7) is 3.81. The van der Waals surface area contributed by atoms with Gasteiger partial charge in [0.2, 0.25) is 5.91 Å². The molecule has 0 saturated carbocycles. The summed E-state index contributed by atoms with van der Waals surface area (Å²) in [6.07, 6.45) is 0. The SMILES string of the molecule is CC(C)(N)CSCC(=O)Nc1sccc1C(N)=O. The van der Waals surface area contributed by atoms with Crippen molar-refractivity contribution >= 4 is 39.9 Å². The molecule has 5 N–H and O–H groups in total. The number of hydrogen-bond donors (Lipinski definition) is 3. The molecule has 0 spiro atoms. The van der Waals surface area contributed by atoms with Crippen LogP contribution in [-0.2, 0) is 4.79 Å². The number of hydrogen-bond acceptors (Lipinski definition) is 5. The second kappa shape index (κ2) is 6.21. The minimum Gasteiger partial charge on any atom is -0.366 e. The highest BCUT2D eigenvalue weighted by molar-refractivity contribution is 8.00. The third-order valence-electron chi connectivity index (χ3n) is 1.89. The van der Waals surface area contributed by atoms with Gasteiger partial charge in [0.15, 0.2) is 0 Å². The third kappa shape index (κ3) is 5.07. The second-order valence-electron chi connectivity index (χ2n) is 4.56. The average molecular weight is 287 g/mol. The van der Waals surface area contributed by atoms with Gasteiger partial charge < -0.3 is 16.8 Å². The van der Waals surface area contributed by atoms with E-state index in [1.54, 1.807) is 11.4 Å². The first-order chi connectivity index (χ1) is 8.29. The van der Waals surface area contributed by atoms with E-state index in [9.17, 15) is 9.59 Å². The molecule has 1 aromatic rings. The van der Waals surface area contributed by atoms with Crippen LogP contribution < -0.4 is 16.8 Å². The quantitative estimate of drug-likeness (QED) is 0.733. The van der Waals surface area contributed by atoms with E-state index < -0.39 is 5.91 Å². The van der Waals surface area contributed by atoms with Crippen molar-refractivity contribution in [1.29, 1.82) is 0 Å². The van der Waals surface area contributed by atoms with Gasteiger partial charge in [-0.15, -0.1) is 11.3 Å². The molecule has 1 aromatic heterocycles. The van der Waals surface area contributed by atoms with Crippen LogP contribution in [0.5, 0.6) is 0 Å². The number of thiophene rings is 1. The van der Waals surface area contributed by atoms with Crippen LogP contribution >= 0.6 is 23.1 Å². The van der Waals surface area contributed by atoms with Crippen LogP contribution in [0.25, 0.3) is 0 Å². The predicted octanol–water partition coefficient (Wildman–Crippen LogP) is 1.26.